The SMILES string of the molecule is Cc1cnc(CN2CCN(c3ccc4ncnc(N5CCCC5)c4c3)CC2)o1. The molecule has 0 radical (unpaired) electrons. The normalized spacial score (nSPS) is 18.3. The minimum Gasteiger partial charge on any atom is -0.445 e. The number of hydrogen-bond acceptors (Lipinski definition) is 7. The summed E-state index contributed by atoms with van der Waals surface area (Å²) < 4.78 is 5.62. The van der Waals surface area contributed by atoms with E-state index in [2.05, 4.69) is 47.9 Å². The van der Waals surface area contributed by atoms with Crippen molar-refractivity contribution in [3.63, 3.8) is 0 Å². The summed E-state index contributed by atoms with van der Waals surface area (Å²) in [6.45, 7) is 8.91. The van der Waals surface area contributed by atoms with Crippen molar-refractivity contribution in [2.75, 3.05) is 49.1 Å². The first-order valence-electron chi connectivity index (χ1n) is 10.1. The van der Waals surface area contributed by atoms with Crippen LogP contribution >= 0.6 is 0 Å². The third-order valence-electron chi connectivity index (χ3n) is 5.77. The molecule has 3 aromatic rings. The Bertz CT molecular complexity index is 956. The molecule has 5 rings (SSSR count). The highest BCUT2D eigenvalue weighted by Crippen LogP contribution is 2.30. The van der Waals surface area contributed by atoms with Gasteiger partial charge in [-0.2, -0.15) is 0 Å². The zero-order valence-electron chi connectivity index (χ0n) is 16.3. The van der Waals surface area contributed by atoms with Crippen LogP contribution in [0.15, 0.2) is 35.1 Å². The number of rotatable bonds is 4. The molecule has 0 N–H and O–H groups in total. The maximum Gasteiger partial charge on any atom is 0.208 e. The number of piperazine rings is 1. The Morgan fingerprint density at radius 3 is 2.50 bits per heavy atom. The maximum absolute atomic E-state index is 5.62. The van der Waals surface area contributed by atoms with Crippen LogP contribution in [0.25, 0.3) is 10.9 Å². The first-order valence-corrected chi connectivity index (χ1v) is 10.1. The molecule has 0 unspecified atom stereocenters. The van der Waals surface area contributed by atoms with Gasteiger partial charge in [0.05, 0.1) is 18.3 Å². The van der Waals surface area contributed by atoms with Crippen molar-refractivity contribution in [3.05, 3.63) is 42.4 Å². The lowest BCUT2D eigenvalue weighted by Gasteiger charge is -2.35. The van der Waals surface area contributed by atoms with E-state index in [0.29, 0.717) is 0 Å². The average Bonchev–Trinajstić information content (AvgIpc) is 3.40. The van der Waals surface area contributed by atoms with Gasteiger partial charge in [-0.1, -0.05) is 0 Å². The summed E-state index contributed by atoms with van der Waals surface area (Å²) in [4.78, 5) is 20.7. The molecule has 0 amide bonds. The summed E-state index contributed by atoms with van der Waals surface area (Å²) in [5, 5.41) is 1.17. The van der Waals surface area contributed by atoms with Crippen LogP contribution in [0.1, 0.15) is 24.5 Å². The van der Waals surface area contributed by atoms with Gasteiger partial charge < -0.3 is 14.2 Å². The largest absolute Gasteiger partial charge is 0.445 e. The molecule has 0 saturated carbocycles. The first kappa shape index (κ1) is 17.4. The zero-order valence-corrected chi connectivity index (χ0v) is 16.3. The van der Waals surface area contributed by atoms with Crippen LogP contribution in [-0.4, -0.2) is 59.1 Å². The van der Waals surface area contributed by atoms with Gasteiger partial charge in [0.25, 0.3) is 0 Å². The molecule has 28 heavy (non-hydrogen) atoms. The highest BCUT2D eigenvalue weighted by atomic mass is 16.4. The molecule has 2 saturated heterocycles. The fraction of sp³-hybridized carbons (Fsp3) is 0.476. The summed E-state index contributed by atoms with van der Waals surface area (Å²) in [5.41, 5.74) is 2.29. The summed E-state index contributed by atoms with van der Waals surface area (Å²) in [6.07, 6.45) is 5.98. The molecule has 0 bridgehead atoms. The van der Waals surface area contributed by atoms with Gasteiger partial charge in [0.15, 0.2) is 0 Å². The number of aryl methyl sites for hydroxylation is 1. The van der Waals surface area contributed by atoms with E-state index < -0.39 is 0 Å². The van der Waals surface area contributed by atoms with Gasteiger partial charge >= 0.3 is 0 Å². The fourth-order valence-electron chi connectivity index (χ4n) is 4.24. The Hall–Kier alpha value is -2.67. The highest BCUT2D eigenvalue weighted by molar-refractivity contribution is 5.92. The quantitative estimate of drug-likeness (QED) is 0.692. The van der Waals surface area contributed by atoms with E-state index in [9.17, 15) is 0 Å². The molecule has 2 aliphatic heterocycles. The number of aromatic nitrogens is 3. The molecule has 2 aliphatic rings. The zero-order chi connectivity index (χ0) is 18.9. The lowest BCUT2D eigenvalue weighted by molar-refractivity contribution is 0.225. The van der Waals surface area contributed by atoms with E-state index in [-0.39, 0.29) is 0 Å². The molecule has 4 heterocycles. The van der Waals surface area contributed by atoms with Crippen molar-refractivity contribution in [1.82, 2.24) is 19.9 Å². The minimum atomic E-state index is 0.784. The number of hydrogen-bond donors (Lipinski definition) is 0. The van der Waals surface area contributed by atoms with Gasteiger partial charge in [0.1, 0.15) is 17.9 Å². The van der Waals surface area contributed by atoms with Gasteiger partial charge in [-0.3, -0.25) is 4.90 Å². The van der Waals surface area contributed by atoms with Gasteiger partial charge in [-0.15, -0.1) is 0 Å². The molecule has 0 spiro atoms. The summed E-state index contributed by atoms with van der Waals surface area (Å²) in [5.74, 6) is 2.77. The second-order valence-corrected chi connectivity index (χ2v) is 7.72. The maximum atomic E-state index is 5.62. The lowest BCUT2D eigenvalue weighted by atomic mass is 10.1. The lowest BCUT2D eigenvalue weighted by Crippen LogP contribution is -2.46. The van der Waals surface area contributed by atoms with Crippen molar-refractivity contribution < 1.29 is 4.42 Å². The van der Waals surface area contributed by atoms with E-state index in [0.717, 1.165) is 68.8 Å². The predicted molar refractivity (Wildman–Crippen MR) is 110 cm³/mol. The van der Waals surface area contributed by atoms with Crippen molar-refractivity contribution in [2.45, 2.75) is 26.3 Å². The monoisotopic (exact) mass is 378 g/mol. The standard InChI is InChI=1S/C21H26N6O/c1-16-13-22-20(28-16)14-25-8-10-26(11-9-25)17-4-5-19-18(12-17)21(24-15-23-19)27-6-2-3-7-27/h4-5,12-13,15H,2-3,6-11,14H2,1H3. The number of oxazole rings is 1. The van der Waals surface area contributed by atoms with E-state index in [1.165, 1.54) is 23.9 Å². The van der Waals surface area contributed by atoms with Crippen molar-refractivity contribution in [1.29, 1.82) is 0 Å². The van der Waals surface area contributed by atoms with Crippen LogP contribution in [0.4, 0.5) is 11.5 Å². The molecule has 146 valence electrons. The minimum absolute atomic E-state index is 0.784. The van der Waals surface area contributed by atoms with Crippen molar-refractivity contribution >= 4 is 22.4 Å². The van der Waals surface area contributed by atoms with Crippen LogP contribution in [0.5, 0.6) is 0 Å². The van der Waals surface area contributed by atoms with E-state index >= 15 is 0 Å². The number of benzene rings is 1. The number of anilines is 2. The molecule has 7 heteroatoms. The molecule has 0 aliphatic carbocycles. The first-order chi connectivity index (χ1) is 13.8. The summed E-state index contributed by atoms with van der Waals surface area (Å²) >= 11 is 0. The molecule has 0 atom stereocenters. The smallest absolute Gasteiger partial charge is 0.208 e. The third-order valence-corrected chi connectivity index (χ3v) is 5.77. The second kappa shape index (κ2) is 7.39. The fourth-order valence-corrected chi connectivity index (χ4v) is 4.24. The van der Waals surface area contributed by atoms with E-state index in [1.807, 2.05) is 6.92 Å². The predicted octanol–water partition coefficient (Wildman–Crippen LogP) is 2.85. The van der Waals surface area contributed by atoms with Gasteiger partial charge in [0, 0.05) is 50.3 Å². The molecule has 2 fully saturated rings. The summed E-state index contributed by atoms with van der Waals surface area (Å²) in [6, 6.07) is 6.60. The Morgan fingerprint density at radius 2 is 1.75 bits per heavy atom. The van der Waals surface area contributed by atoms with Crippen LogP contribution < -0.4 is 9.80 Å². The van der Waals surface area contributed by atoms with Gasteiger partial charge in [0.2, 0.25) is 5.89 Å². The average molecular weight is 378 g/mol. The van der Waals surface area contributed by atoms with Crippen molar-refractivity contribution in [3.8, 4) is 0 Å². The summed E-state index contributed by atoms with van der Waals surface area (Å²) in [7, 11) is 0. The third kappa shape index (κ3) is 3.42. The number of nitrogens with zero attached hydrogens (tertiary/aromatic N) is 6. The Labute approximate surface area is 165 Å². The molecular weight excluding hydrogens is 352 g/mol. The van der Waals surface area contributed by atoms with E-state index in [4.69, 9.17) is 4.42 Å². The number of fused-ring (bicyclic) bond motifs is 1. The molecule has 7 nitrogen and oxygen atoms in total. The van der Waals surface area contributed by atoms with Crippen LogP contribution in [0.2, 0.25) is 0 Å². The Morgan fingerprint density at radius 1 is 0.929 bits per heavy atom. The molecule has 1 aromatic carbocycles. The van der Waals surface area contributed by atoms with E-state index in [1.54, 1.807) is 12.5 Å². The van der Waals surface area contributed by atoms with Crippen LogP contribution in [0.3, 0.4) is 0 Å². The van der Waals surface area contributed by atoms with Gasteiger partial charge in [-0.05, 0) is 38.0 Å². The van der Waals surface area contributed by atoms with Crippen LogP contribution in [-0.2, 0) is 6.54 Å². The topological polar surface area (TPSA) is 61.5 Å². The van der Waals surface area contributed by atoms with Crippen LogP contribution in [0, 0.1) is 6.92 Å². The second-order valence-electron chi connectivity index (χ2n) is 7.72. The Balaban J connectivity index is 1.32. The van der Waals surface area contributed by atoms with Gasteiger partial charge in [-0.25, -0.2) is 15.0 Å². The highest BCUT2D eigenvalue weighted by Gasteiger charge is 2.21. The van der Waals surface area contributed by atoms with Crippen molar-refractivity contribution in [2.24, 2.45) is 0 Å². The molecule has 2 aromatic heterocycles. The molecular formula is C21H26N6O. The Kier molecular flexibility index (Phi) is 4.60.